The lowest BCUT2D eigenvalue weighted by atomic mass is 10.1. The Labute approximate surface area is 157 Å². The average molecular weight is 366 g/mol. The maximum atomic E-state index is 13.7. The Hall–Kier alpha value is -2.73. The molecule has 0 bridgehead atoms. The number of aryl methyl sites for hydroxylation is 1. The van der Waals surface area contributed by atoms with E-state index in [0.717, 1.165) is 24.1 Å². The lowest BCUT2D eigenvalue weighted by Crippen LogP contribution is -2.23. The number of amides is 1. The second-order valence-corrected chi connectivity index (χ2v) is 7.11. The quantitative estimate of drug-likeness (QED) is 0.747. The van der Waals surface area contributed by atoms with E-state index in [0.29, 0.717) is 16.8 Å². The average Bonchev–Trinajstić information content (AvgIpc) is 3.32. The first-order valence-corrected chi connectivity index (χ1v) is 9.35. The van der Waals surface area contributed by atoms with Crippen molar-refractivity contribution in [1.29, 1.82) is 0 Å². The molecule has 1 saturated heterocycles. The molecule has 0 aliphatic carbocycles. The highest BCUT2D eigenvalue weighted by molar-refractivity contribution is 6.05. The van der Waals surface area contributed by atoms with Gasteiger partial charge in [-0.05, 0) is 68.8 Å². The predicted molar refractivity (Wildman–Crippen MR) is 104 cm³/mol. The fourth-order valence-electron chi connectivity index (χ4n) is 3.51. The van der Waals surface area contributed by atoms with Crippen molar-refractivity contribution in [3.8, 4) is 0 Å². The van der Waals surface area contributed by atoms with Gasteiger partial charge in [-0.1, -0.05) is 6.07 Å². The van der Waals surface area contributed by atoms with Gasteiger partial charge in [0.2, 0.25) is 0 Å². The molecule has 0 unspecified atom stereocenters. The summed E-state index contributed by atoms with van der Waals surface area (Å²) < 4.78 is 15.8. The number of carbonyl (C=O) groups excluding carboxylic acids is 1. The van der Waals surface area contributed by atoms with E-state index in [2.05, 4.69) is 19.8 Å². The van der Waals surface area contributed by atoms with Crippen LogP contribution in [0.3, 0.4) is 0 Å². The smallest absolute Gasteiger partial charge is 0.255 e. The molecule has 6 heteroatoms. The maximum absolute atomic E-state index is 13.7. The zero-order valence-corrected chi connectivity index (χ0v) is 15.4. The van der Waals surface area contributed by atoms with Crippen LogP contribution in [0, 0.1) is 12.7 Å². The number of nitrogens with one attached hydrogen (secondary N) is 1. The fraction of sp³-hybridized carbons (Fsp3) is 0.333. The van der Waals surface area contributed by atoms with Crippen molar-refractivity contribution >= 4 is 22.6 Å². The van der Waals surface area contributed by atoms with Crippen LogP contribution in [0.1, 0.15) is 28.8 Å². The van der Waals surface area contributed by atoms with Crippen LogP contribution in [-0.2, 0) is 6.54 Å². The molecule has 3 aromatic rings. The fourth-order valence-corrected chi connectivity index (χ4v) is 3.51. The topological polar surface area (TPSA) is 50.2 Å². The van der Waals surface area contributed by atoms with Crippen LogP contribution in [0.4, 0.5) is 10.1 Å². The summed E-state index contributed by atoms with van der Waals surface area (Å²) >= 11 is 0. The minimum absolute atomic E-state index is 0.272. The van der Waals surface area contributed by atoms with Crippen LogP contribution in [0.25, 0.3) is 11.0 Å². The molecule has 1 amide bonds. The van der Waals surface area contributed by atoms with E-state index < -0.39 is 0 Å². The number of likely N-dealkylation sites (tertiary alicyclic amines) is 1. The van der Waals surface area contributed by atoms with E-state index in [1.165, 1.54) is 32.0 Å². The van der Waals surface area contributed by atoms with Gasteiger partial charge >= 0.3 is 0 Å². The molecular formula is C21H23FN4O. The predicted octanol–water partition coefficient (Wildman–Crippen LogP) is 3.83. The molecular weight excluding hydrogens is 343 g/mol. The Morgan fingerprint density at radius 1 is 1.15 bits per heavy atom. The number of nitrogens with zero attached hydrogens (tertiary/aromatic N) is 3. The summed E-state index contributed by atoms with van der Waals surface area (Å²) in [7, 11) is 0. The summed E-state index contributed by atoms with van der Waals surface area (Å²) in [5.74, 6) is -0.605. The monoisotopic (exact) mass is 366 g/mol. The highest BCUT2D eigenvalue weighted by atomic mass is 19.1. The number of imidazole rings is 1. The van der Waals surface area contributed by atoms with Gasteiger partial charge in [-0.3, -0.25) is 4.79 Å². The lowest BCUT2D eigenvalue weighted by molar-refractivity contribution is 0.102. The molecule has 4 rings (SSSR count). The summed E-state index contributed by atoms with van der Waals surface area (Å²) in [5.41, 5.74) is 3.31. The SMILES string of the molecule is Cc1ccc(NC(=O)c2ccc3c(c2)ncn3CCN2CCCC2)cc1F. The van der Waals surface area contributed by atoms with Gasteiger partial charge in [0.25, 0.3) is 5.91 Å². The Bertz CT molecular complexity index is 975. The molecule has 0 radical (unpaired) electrons. The minimum Gasteiger partial charge on any atom is -0.329 e. The van der Waals surface area contributed by atoms with Crippen molar-refractivity contribution in [2.75, 3.05) is 25.0 Å². The summed E-state index contributed by atoms with van der Waals surface area (Å²) in [4.78, 5) is 19.4. The molecule has 1 aliphatic heterocycles. The van der Waals surface area contributed by atoms with Gasteiger partial charge in [-0.25, -0.2) is 9.37 Å². The molecule has 5 nitrogen and oxygen atoms in total. The first kappa shape index (κ1) is 17.7. The third-order valence-corrected chi connectivity index (χ3v) is 5.17. The second kappa shape index (κ2) is 7.48. The van der Waals surface area contributed by atoms with Crippen molar-refractivity contribution in [2.45, 2.75) is 26.3 Å². The van der Waals surface area contributed by atoms with Crippen molar-refractivity contribution < 1.29 is 9.18 Å². The summed E-state index contributed by atoms with van der Waals surface area (Å²) in [6.07, 6.45) is 4.40. The van der Waals surface area contributed by atoms with Crippen LogP contribution in [0.15, 0.2) is 42.7 Å². The first-order valence-electron chi connectivity index (χ1n) is 9.35. The zero-order valence-electron chi connectivity index (χ0n) is 15.4. The van der Waals surface area contributed by atoms with Gasteiger partial charge in [0.1, 0.15) is 5.82 Å². The van der Waals surface area contributed by atoms with Crippen molar-refractivity contribution in [3.05, 3.63) is 59.7 Å². The van der Waals surface area contributed by atoms with Crippen LogP contribution in [0.5, 0.6) is 0 Å². The third-order valence-electron chi connectivity index (χ3n) is 5.17. The number of rotatable bonds is 5. The van der Waals surface area contributed by atoms with Gasteiger partial charge in [0, 0.05) is 24.3 Å². The third kappa shape index (κ3) is 3.85. The van der Waals surface area contributed by atoms with E-state index in [1.54, 1.807) is 31.2 Å². The molecule has 27 heavy (non-hydrogen) atoms. The molecule has 1 fully saturated rings. The normalized spacial score (nSPS) is 14.7. The van der Waals surface area contributed by atoms with Gasteiger partial charge in [0.05, 0.1) is 17.4 Å². The summed E-state index contributed by atoms with van der Waals surface area (Å²) in [6, 6.07) is 10.2. The Kier molecular flexibility index (Phi) is 4.90. The minimum atomic E-state index is -0.333. The van der Waals surface area contributed by atoms with E-state index in [1.807, 2.05) is 12.4 Å². The van der Waals surface area contributed by atoms with E-state index in [9.17, 15) is 9.18 Å². The Morgan fingerprint density at radius 2 is 1.96 bits per heavy atom. The lowest BCUT2D eigenvalue weighted by Gasteiger charge is -2.15. The highest BCUT2D eigenvalue weighted by Crippen LogP contribution is 2.18. The Balaban J connectivity index is 1.47. The summed E-state index contributed by atoms with van der Waals surface area (Å²) in [6.45, 7) is 5.96. The number of anilines is 1. The molecule has 2 aromatic carbocycles. The highest BCUT2D eigenvalue weighted by Gasteiger charge is 2.13. The molecule has 2 heterocycles. The molecule has 1 aliphatic rings. The van der Waals surface area contributed by atoms with Gasteiger partial charge < -0.3 is 14.8 Å². The zero-order chi connectivity index (χ0) is 18.8. The number of carbonyl (C=O) groups is 1. The second-order valence-electron chi connectivity index (χ2n) is 7.11. The van der Waals surface area contributed by atoms with E-state index in [-0.39, 0.29) is 11.7 Å². The first-order chi connectivity index (χ1) is 13.1. The van der Waals surface area contributed by atoms with Crippen LogP contribution < -0.4 is 5.32 Å². The van der Waals surface area contributed by atoms with Crippen LogP contribution in [0.2, 0.25) is 0 Å². The molecule has 140 valence electrons. The van der Waals surface area contributed by atoms with E-state index >= 15 is 0 Å². The number of fused-ring (bicyclic) bond motifs is 1. The molecule has 0 saturated carbocycles. The number of halogens is 1. The molecule has 0 spiro atoms. The molecule has 1 N–H and O–H groups in total. The number of hydrogen-bond acceptors (Lipinski definition) is 3. The molecule has 0 atom stereocenters. The van der Waals surface area contributed by atoms with Crippen molar-refractivity contribution in [2.24, 2.45) is 0 Å². The Morgan fingerprint density at radius 3 is 2.74 bits per heavy atom. The standard InChI is InChI=1S/C21H23FN4O/c1-15-4-6-17(13-18(15)22)24-21(27)16-5-7-20-19(12-16)23-14-26(20)11-10-25-8-2-3-9-25/h4-7,12-14H,2-3,8-11H2,1H3,(H,24,27). The molecule has 1 aromatic heterocycles. The van der Waals surface area contributed by atoms with Gasteiger partial charge in [-0.15, -0.1) is 0 Å². The largest absolute Gasteiger partial charge is 0.329 e. The van der Waals surface area contributed by atoms with E-state index in [4.69, 9.17) is 0 Å². The number of hydrogen-bond donors (Lipinski definition) is 1. The number of benzene rings is 2. The maximum Gasteiger partial charge on any atom is 0.255 e. The van der Waals surface area contributed by atoms with Gasteiger partial charge in [-0.2, -0.15) is 0 Å². The van der Waals surface area contributed by atoms with Gasteiger partial charge in [0.15, 0.2) is 0 Å². The van der Waals surface area contributed by atoms with Crippen LogP contribution in [-0.4, -0.2) is 40.0 Å². The van der Waals surface area contributed by atoms with Crippen molar-refractivity contribution in [3.63, 3.8) is 0 Å². The van der Waals surface area contributed by atoms with Crippen molar-refractivity contribution in [1.82, 2.24) is 14.5 Å². The number of aromatic nitrogens is 2. The van der Waals surface area contributed by atoms with Crippen LogP contribution >= 0.6 is 0 Å². The summed E-state index contributed by atoms with van der Waals surface area (Å²) in [5, 5.41) is 2.74.